The molecular formula is C15H21BrNO+. The minimum absolute atomic E-state index is 0.270. The molecule has 1 heterocycles. The molecule has 1 N–H and O–H groups in total. The van der Waals surface area contributed by atoms with Gasteiger partial charge in [-0.25, -0.2) is 0 Å². The van der Waals surface area contributed by atoms with Gasteiger partial charge in [-0.3, -0.25) is 4.79 Å². The zero-order valence-electron chi connectivity index (χ0n) is 10.9. The molecule has 0 aromatic heterocycles. The van der Waals surface area contributed by atoms with Crippen molar-refractivity contribution in [1.29, 1.82) is 0 Å². The van der Waals surface area contributed by atoms with Crippen LogP contribution in [0.4, 0.5) is 0 Å². The molecule has 98 valence electrons. The largest absolute Gasteiger partial charge is 0.326 e. The third-order valence-electron chi connectivity index (χ3n) is 3.90. The van der Waals surface area contributed by atoms with Gasteiger partial charge in [-0.05, 0) is 37.8 Å². The summed E-state index contributed by atoms with van der Waals surface area (Å²) < 4.78 is 0.981. The van der Waals surface area contributed by atoms with Gasteiger partial charge >= 0.3 is 0 Å². The third kappa shape index (κ3) is 3.42. The van der Waals surface area contributed by atoms with E-state index in [0.717, 1.165) is 16.6 Å². The van der Waals surface area contributed by atoms with Crippen LogP contribution in [0.25, 0.3) is 0 Å². The van der Waals surface area contributed by atoms with Crippen LogP contribution in [-0.4, -0.2) is 24.9 Å². The van der Waals surface area contributed by atoms with E-state index >= 15 is 0 Å². The van der Waals surface area contributed by atoms with Crippen molar-refractivity contribution in [3.63, 3.8) is 0 Å². The summed E-state index contributed by atoms with van der Waals surface area (Å²) in [6, 6.07) is 8.40. The maximum Gasteiger partial charge on any atom is 0.216 e. The zero-order valence-corrected chi connectivity index (χ0v) is 12.5. The second-order valence-electron chi connectivity index (χ2n) is 5.12. The van der Waals surface area contributed by atoms with E-state index in [0.29, 0.717) is 12.6 Å². The number of carbonyl (C=O) groups is 1. The summed E-state index contributed by atoms with van der Waals surface area (Å²) in [5.41, 5.74) is 0.831. The molecule has 3 heteroatoms. The van der Waals surface area contributed by atoms with Gasteiger partial charge in [-0.2, -0.15) is 0 Å². The van der Waals surface area contributed by atoms with Crippen LogP contribution < -0.4 is 4.90 Å². The first kappa shape index (κ1) is 13.8. The fraction of sp³-hybridized carbons (Fsp3) is 0.533. The molecule has 2 atom stereocenters. The summed E-state index contributed by atoms with van der Waals surface area (Å²) in [6.45, 7) is 4.03. The lowest BCUT2D eigenvalue weighted by Gasteiger charge is -2.31. The summed E-state index contributed by atoms with van der Waals surface area (Å²) in [4.78, 5) is 13.8. The van der Waals surface area contributed by atoms with Gasteiger partial charge in [0.15, 0.2) is 0 Å². The SMILES string of the molecule is CC[C@H]1CCCC[NH+]1CC(=O)c1cccc(Br)c1. The predicted octanol–water partition coefficient (Wildman–Crippen LogP) is 2.48. The molecule has 1 fully saturated rings. The van der Waals surface area contributed by atoms with E-state index in [1.165, 1.54) is 30.6 Å². The van der Waals surface area contributed by atoms with Gasteiger partial charge in [0.05, 0.1) is 12.6 Å². The van der Waals surface area contributed by atoms with Crippen LogP contribution in [0.3, 0.4) is 0 Å². The highest BCUT2D eigenvalue weighted by Gasteiger charge is 2.26. The molecule has 1 unspecified atom stereocenters. The molecule has 1 aromatic carbocycles. The Kier molecular flexibility index (Phi) is 4.95. The van der Waals surface area contributed by atoms with Crippen LogP contribution in [0, 0.1) is 0 Å². The zero-order chi connectivity index (χ0) is 13.0. The van der Waals surface area contributed by atoms with E-state index in [-0.39, 0.29) is 5.78 Å². The van der Waals surface area contributed by atoms with Gasteiger partial charge in [0, 0.05) is 10.0 Å². The van der Waals surface area contributed by atoms with Crippen LogP contribution >= 0.6 is 15.9 Å². The van der Waals surface area contributed by atoms with Crippen molar-refractivity contribution in [3.05, 3.63) is 34.3 Å². The Labute approximate surface area is 117 Å². The van der Waals surface area contributed by atoms with Gasteiger partial charge in [-0.15, -0.1) is 0 Å². The molecule has 1 aromatic rings. The van der Waals surface area contributed by atoms with Crippen molar-refractivity contribution in [2.75, 3.05) is 13.1 Å². The molecule has 1 aliphatic rings. The Balaban J connectivity index is 2.02. The Morgan fingerprint density at radius 2 is 2.28 bits per heavy atom. The molecule has 0 saturated carbocycles. The quantitative estimate of drug-likeness (QED) is 0.848. The highest BCUT2D eigenvalue weighted by molar-refractivity contribution is 9.10. The van der Waals surface area contributed by atoms with Crippen molar-refractivity contribution >= 4 is 21.7 Å². The van der Waals surface area contributed by atoms with E-state index < -0.39 is 0 Å². The number of rotatable bonds is 4. The topological polar surface area (TPSA) is 21.5 Å². The molecule has 0 bridgehead atoms. The third-order valence-corrected chi connectivity index (χ3v) is 4.40. The smallest absolute Gasteiger partial charge is 0.216 e. The average molecular weight is 311 g/mol. The Hall–Kier alpha value is -0.670. The number of Topliss-reactive ketones (excluding diaryl/α,β-unsaturated/α-hetero) is 1. The number of quaternary nitrogens is 1. The van der Waals surface area contributed by atoms with Gasteiger partial charge in [0.1, 0.15) is 6.54 Å². The predicted molar refractivity (Wildman–Crippen MR) is 77.1 cm³/mol. The fourth-order valence-corrected chi connectivity index (χ4v) is 3.25. The van der Waals surface area contributed by atoms with Gasteiger partial charge in [0.2, 0.25) is 5.78 Å². The van der Waals surface area contributed by atoms with Crippen LogP contribution in [-0.2, 0) is 0 Å². The molecule has 2 nitrogen and oxygen atoms in total. The summed E-state index contributed by atoms with van der Waals surface area (Å²) in [6.07, 6.45) is 5.05. The number of benzene rings is 1. The molecule has 18 heavy (non-hydrogen) atoms. The summed E-state index contributed by atoms with van der Waals surface area (Å²) in [7, 11) is 0. The van der Waals surface area contributed by atoms with Crippen molar-refractivity contribution in [2.45, 2.75) is 38.6 Å². The lowest BCUT2D eigenvalue weighted by molar-refractivity contribution is -0.922. The maximum absolute atomic E-state index is 12.3. The van der Waals surface area contributed by atoms with Crippen LogP contribution in [0.2, 0.25) is 0 Å². The minimum Gasteiger partial charge on any atom is -0.326 e. The average Bonchev–Trinajstić information content (AvgIpc) is 2.39. The lowest BCUT2D eigenvalue weighted by atomic mass is 9.99. The molecule has 1 saturated heterocycles. The number of ketones is 1. The Morgan fingerprint density at radius 3 is 3.00 bits per heavy atom. The fourth-order valence-electron chi connectivity index (χ4n) is 2.85. The van der Waals surface area contributed by atoms with E-state index in [9.17, 15) is 4.79 Å². The Morgan fingerprint density at radius 1 is 1.44 bits per heavy atom. The molecular weight excluding hydrogens is 290 g/mol. The number of likely N-dealkylation sites (tertiary alicyclic amines) is 1. The number of piperidine rings is 1. The first-order chi connectivity index (χ1) is 8.70. The monoisotopic (exact) mass is 310 g/mol. The van der Waals surface area contributed by atoms with Crippen LogP contribution in [0.1, 0.15) is 43.0 Å². The number of halogens is 1. The number of carbonyl (C=O) groups excluding carboxylic acids is 1. The van der Waals surface area contributed by atoms with Gasteiger partial charge in [-0.1, -0.05) is 35.0 Å². The van der Waals surface area contributed by atoms with Gasteiger partial charge in [0.25, 0.3) is 0 Å². The Bertz CT molecular complexity index is 419. The lowest BCUT2D eigenvalue weighted by Crippen LogP contribution is -3.17. The number of nitrogens with one attached hydrogen (secondary N) is 1. The summed E-state index contributed by atoms with van der Waals surface area (Å²) in [5.74, 6) is 0.270. The maximum atomic E-state index is 12.3. The molecule has 1 aliphatic heterocycles. The molecule has 2 rings (SSSR count). The highest BCUT2D eigenvalue weighted by Crippen LogP contribution is 2.12. The summed E-state index contributed by atoms with van der Waals surface area (Å²) in [5, 5.41) is 0. The molecule has 0 spiro atoms. The van der Waals surface area contributed by atoms with Crippen molar-refractivity contribution in [1.82, 2.24) is 0 Å². The van der Waals surface area contributed by atoms with E-state index in [2.05, 4.69) is 22.9 Å². The first-order valence-corrected chi connectivity index (χ1v) is 7.63. The van der Waals surface area contributed by atoms with Crippen molar-refractivity contribution < 1.29 is 9.69 Å². The van der Waals surface area contributed by atoms with E-state index in [4.69, 9.17) is 0 Å². The summed E-state index contributed by atoms with van der Waals surface area (Å²) >= 11 is 3.42. The van der Waals surface area contributed by atoms with Crippen LogP contribution in [0.5, 0.6) is 0 Å². The minimum atomic E-state index is 0.270. The standard InChI is InChI=1S/C15H20BrNO/c1-2-14-8-3-4-9-17(14)11-15(18)12-6-5-7-13(16)10-12/h5-7,10,14H,2-4,8-9,11H2,1H3/p+1/t14-/m0/s1. The van der Waals surface area contributed by atoms with Crippen LogP contribution in [0.15, 0.2) is 28.7 Å². The number of hydrogen-bond acceptors (Lipinski definition) is 1. The van der Waals surface area contributed by atoms with Crippen molar-refractivity contribution in [2.24, 2.45) is 0 Å². The van der Waals surface area contributed by atoms with Gasteiger partial charge < -0.3 is 4.90 Å². The first-order valence-electron chi connectivity index (χ1n) is 6.84. The second-order valence-corrected chi connectivity index (χ2v) is 6.04. The molecule has 0 radical (unpaired) electrons. The van der Waals surface area contributed by atoms with E-state index in [1.54, 1.807) is 0 Å². The highest BCUT2D eigenvalue weighted by atomic mass is 79.9. The van der Waals surface area contributed by atoms with Crippen molar-refractivity contribution in [3.8, 4) is 0 Å². The van der Waals surface area contributed by atoms with E-state index in [1.807, 2.05) is 24.3 Å². The normalized spacial score (nSPS) is 23.9. The number of hydrogen-bond donors (Lipinski definition) is 1. The second kappa shape index (κ2) is 6.48. The molecule has 0 aliphatic carbocycles. The molecule has 0 amide bonds.